The van der Waals surface area contributed by atoms with Crippen molar-refractivity contribution in [3.8, 4) is 0 Å². The number of hydrazone groups is 1. The summed E-state index contributed by atoms with van der Waals surface area (Å²) < 4.78 is 4.72. The molecule has 118 valence electrons. The summed E-state index contributed by atoms with van der Waals surface area (Å²) in [7, 11) is 1.29. The van der Waals surface area contributed by atoms with Crippen LogP contribution in [-0.2, 0) is 16.0 Å². The molecule has 0 atom stereocenters. The summed E-state index contributed by atoms with van der Waals surface area (Å²) in [5, 5.41) is 14.7. The summed E-state index contributed by atoms with van der Waals surface area (Å²) in [6.07, 6.45) is 0.313. The van der Waals surface area contributed by atoms with Gasteiger partial charge in [-0.3, -0.25) is 15.5 Å². The summed E-state index contributed by atoms with van der Waals surface area (Å²) in [5.41, 5.74) is 4.35. The van der Waals surface area contributed by atoms with E-state index in [1.807, 2.05) is 30.3 Å². The van der Waals surface area contributed by atoms with E-state index in [9.17, 15) is 14.9 Å². The molecule has 0 fully saturated rings. The van der Waals surface area contributed by atoms with Gasteiger partial charge in [0, 0.05) is 18.6 Å². The molecular weight excluding hydrogens is 298 g/mol. The predicted molar refractivity (Wildman–Crippen MR) is 86.3 cm³/mol. The van der Waals surface area contributed by atoms with Crippen molar-refractivity contribution in [3.05, 3.63) is 70.3 Å². The molecule has 0 amide bonds. The number of hydrogen-bond acceptors (Lipinski definition) is 6. The highest BCUT2D eigenvalue weighted by molar-refractivity contribution is 6.37. The van der Waals surface area contributed by atoms with Crippen molar-refractivity contribution in [1.82, 2.24) is 0 Å². The van der Waals surface area contributed by atoms with Crippen molar-refractivity contribution in [3.63, 3.8) is 0 Å². The molecule has 0 saturated carbocycles. The fourth-order valence-electron chi connectivity index (χ4n) is 1.85. The molecule has 7 heteroatoms. The standard InChI is InChI=1S/C16H15N3O4/c1-23-16(20)15(11-12-5-3-2-4-6-12)18-17-13-7-9-14(10-8-13)19(21)22/h2-10,17H,11H2,1H3. The van der Waals surface area contributed by atoms with Crippen LogP contribution < -0.4 is 5.43 Å². The number of non-ortho nitro benzene ring substituents is 1. The number of hydrogen-bond donors (Lipinski definition) is 1. The van der Waals surface area contributed by atoms with E-state index in [-0.39, 0.29) is 11.4 Å². The van der Waals surface area contributed by atoms with E-state index in [2.05, 4.69) is 10.5 Å². The van der Waals surface area contributed by atoms with Gasteiger partial charge in [-0.1, -0.05) is 30.3 Å². The Morgan fingerprint density at radius 3 is 2.39 bits per heavy atom. The number of rotatable bonds is 6. The molecule has 0 unspecified atom stereocenters. The lowest BCUT2D eigenvalue weighted by Gasteiger charge is -2.06. The van der Waals surface area contributed by atoms with Crippen LogP contribution in [0.2, 0.25) is 0 Å². The van der Waals surface area contributed by atoms with E-state index < -0.39 is 10.9 Å². The van der Waals surface area contributed by atoms with Crippen LogP contribution in [-0.4, -0.2) is 23.7 Å². The highest BCUT2D eigenvalue weighted by Gasteiger charge is 2.13. The zero-order valence-corrected chi connectivity index (χ0v) is 12.4. The van der Waals surface area contributed by atoms with Crippen LogP contribution in [0.3, 0.4) is 0 Å². The normalized spacial score (nSPS) is 10.9. The monoisotopic (exact) mass is 313 g/mol. The molecular formula is C16H15N3O4. The maximum absolute atomic E-state index is 11.8. The number of ether oxygens (including phenoxy) is 1. The van der Waals surface area contributed by atoms with Gasteiger partial charge in [0.05, 0.1) is 17.7 Å². The quantitative estimate of drug-likeness (QED) is 0.383. The number of nitro benzene ring substituents is 1. The Labute approximate surface area is 132 Å². The molecule has 0 aliphatic rings. The average Bonchev–Trinajstić information content (AvgIpc) is 2.59. The highest BCUT2D eigenvalue weighted by atomic mass is 16.6. The van der Waals surface area contributed by atoms with Crippen LogP contribution in [0, 0.1) is 10.1 Å². The van der Waals surface area contributed by atoms with Crippen molar-refractivity contribution >= 4 is 23.1 Å². The minimum absolute atomic E-state index is 0.0167. The zero-order chi connectivity index (χ0) is 16.7. The maximum atomic E-state index is 11.8. The third kappa shape index (κ3) is 4.63. The number of nitrogens with zero attached hydrogens (tertiary/aromatic N) is 2. The first-order valence-electron chi connectivity index (χ1n) is 6.79. The Morgan fingerprint density at radius 2 is 1.83 bits per heavy atom. The van der Waals surface area contributed by atoms with Gasteiger partial charge < -0.3 is 4.74 Å². The molecule has 0 saturated heterocycles. The number of esters is 1. The van der Waals surface area contributed by atoms with Crippen LogP contribution >= 0.6 is 0 Å². The van der Waals surface area contributed by atoms with E-state index in [0.717, 1.165) is 5.56 Å². The number of carbonyl (C=O) groups excluding carboxylic acids is 1. The van der Waals surface area contributed by atoms with Crippen LogP contribution in [0.1, 0.15) is 5.56 Å². The number of carbonyl (C=O) groups is 1. The van der Waals surface area contributed by atoms with Gasteiger partial charge in [-0.25, -0.2) is 4.79 Å². The fraction of sp³-hybridized carbons (Fsp3) is 0.125. The van der Waals surface area contributed by atoms with Gasteiger partial charge in [0.15, 0.2) is 0 Å². The summed E-state index contributed by atoms with van der Waals surface area (Å²) >= 11 is 0. The van der Waals surface area contributed by atoms with E-state index in [0.29, 0.717) is 12.1 Å². The van der Waals surface area contributed by atoms with E-state index >= 15 is 0 Å². The molecule has 1 N–H and O–H groups in total. The van der Waals surface area contributed by atoms with E-state index in [1.54, 1.807) is 0 Å². The number of anilines is 1. The minimum atomic E-state index is -0.539. The predicted octanol–water partition coefficient (Wildman–Crippen LogP) is 2.78. The topological polar surface area (TPSA) is 93.8 Å². The Kier molecular flexibility index (Phi) is 5.40. The lowest BCUT2D eigenvalue weighted by atomic mass is 10.1. The third-order valence-electron chi connectivity index (χ3n) is 3.03. The molecule has 7 nitrogen and oxygen atoms in total. The van der Waals surface area contributed by atoms with E-state index in [4.69, 9.17) is 4.74 Å². The van der Waals surface area contributed by atoms with Crippen LogP contribution in [0.5, 0.6) is 0 Å². The number of benzene rings is 2. The lowest BCUT2D eigenvalue weighted by molar-refractivity contribution is -0.384. The largest absolute Gasteiger partial charge is 0.464 e. The van der Waals surface area contributed by atoms with Crippen LogP contribution in [0.4, 0.5) is 11.4 Å². The first-order chi connectivity index (χ1) is 11.1. The summed E-state index contributed by atoms with van der Waals surface area (Å²) in [6, 6.07) is 15.1. The van der Waals surface area contributed by atoms with Gasteiger partial charge in [0.25, 0.3) is 5.69 Å². The molecule has 0 aliphatic heterocycles. The zero-order valence-electron chi connectivity index (χ0n) is 12.4. The minimum Gasteiger partial charge on any atom is -0.464 e. The molecule has 0 radical (unpaired) electrons. The molecule has 0 aromatic heterocycles. The third-order valence-corrected chi connectivity index (χ3v) is 3.03. The van der Waals surface area contributed by atoms with Gasteiger partial charge in [-0.2, -0.15) is 5.10 Å². The molecule has 0 spiro atoms. The molecule has 0 bridgehead atoms. The molecule has 23 heavy (non-hydrogen) atoms. The van der Waals surface area contributed by atoms with Crippen molar-refractivity contribution in [1.29, 1.82) is 0 Å². The van der Waals surface area contributed by atoms with Crippen LogP contribution in [0.25, 0.3) is 0 Å². The second kappa shape index (κ2) is 7.69. The molecule has 2 aromatic carbocycles. The number of nitro groups is 1. The van der Waals surface area contributed by atoms with E-state index in [1.165, 1.54) is 31.4 Å². The van der Waals surface area contributed by atoms with Gasteiger partial charge in [-0.15, -0.1) is 0 Å². The second-order valence-corrected chi connectivity index (χ2v) is 4.63. The summed E-state index contributed by atoms with van der Waals surface area (Å²) in [4.78, 5) is 21.9. The van der Waals surface area contributed by atoms with Gasteiger partial charge >= 0.3 is 5.97 Å². The fourth-order valence-corrected chi connectivity index (χ4v) is 1.85. The lowest BCUT2D eigenvalue weighted by Crippen LogP contribution is -2.20. The van der Waals surface area contributed by atoms with Gasteiger partial charge in [0.1, 0.15) is 5.71 Å². The Hall–Kier alpha value is -3.22. The molecule has 0 aliphatic carbocycles. The SMILES string of the molecule is COC(=O)C(Cc1ccccc1)=NNc1ccc([N+](=O)[O-])cc1. The van der Waals surface area contributed by atoms with Crippen molar-refractivity contribution in [2.45, 2.75) is 6.42 Å². The van der Waals surface area contributed by atoms with Crippen molar-refractivity contribution < 1.29 is 14.5 Å². The first-order valence-corrected chi connectivity index (χ1v) is 6.79. The first kappa shape index (κ1) is 16.2. The smallest absolute Gasteiger partial charge is 0.354 e. The molecule has 2 rings (SSSR count). The molecule has 0 heterocycles. The molecule has 2 aromatic rings. The Bertz CT molecular complexity index is 712. The number of methoxy groups -OCH3 is 1. The van der Waals surface area contributed by atoms with Crippen LogP contribution in [0.15, 0.2) is 59.7 Å². The average molecular weight is 313 g/mol. The maximum Gasteiger partial charge on any atom is 0.354 e. The number of nitrogens with one attached hydrogen (secondary N) is 1. The second-order valence-electron chi connectivity index (χ2n) is 4.63. The Balaban J connectivity index is 2.13. The van der Waals surface area contributed by atoms with Crippen molar-refractivity contribution in [2.24, 2.45) is 5.10 Å². The van der Waals surface area contributed by atoms with Gasteiger partial charge in [-0.05, 0) is 17.7 Å². The Morgan fingerprint density at radius 1 is 1.17 bits per heavy atom. The van der Waals surface area contributed by atoms with Gasteiger partial charge in [0.2, 0.25) is 0 Å². The van der Waals surface area contributed by atoms with Crippen molar-refractivity contribution in [2.75, 3.05) is 12.5 Å². The highest BCUT2D eigenvalue weighted by Crippen LogP contribution is 2.15. The summed E-state index contributed by atoms with van der Waals surface area (Å²) in [5.74, 6) is -0.539. The summed E-state index contributed by atoms with van der Waals surface area (Å²) in [6.45, 7) is 0.